The van der Waals surface area contributed by atoms with E-state index in [0.717, 1.165) is 50.9 Å². The number of aromatic nitrogens is 2. The van der Waals surface area contributed by atoms with E-state index in [2.05, 4.69) is 32.0 Å². The van der Waals surface area contributed by atoms with Gasteiger partial charge in [0.15, 0.2) is 0 Å². The Kier molecular flexibility index (Phi) is 6.38. The lowest BCUT2D eigenvalue weighted by molar-refractivity contribution is -0.140. The fraction of sp³-hybridized carbons (Fsp3) is 0.391. The number of fused-ring (bicyclic) bond motifs is 1. The number of rotatable bonds is 6. The first kappa shape index (κ1) is 21.5. The van der Waals surface area contributed by atoms with Crippen molar-refractivity contribution >= 4 is 16.7 Å². The number of nitrogens with one attached hydrogen (secondary N) is 1. The van der Waals surface area contributed by atoms with Crippen molar-refractivity contribution in [3.05, 3.63) is 54.4 Å². The molecule has 1 saturated heterocycles. The fourth-order valence-corrected chi connectivity index (χ4v) is 3.90. The van der Waals surface area contributed by atoms with E-state index in [0.29, 0.717) is 28.8 Å². The van der Waals surface area contributed by atoms with Gasteiger partial charge in [0.1, 0.15) is 11.5 Å². The second-order valence-corrected chi connectivity index (χ2v) is 7.68. The number of halogens is 3. The van der Waals surface area contributed by atoms with Crippen molar-refractivity contribution in [2.24, 2.45) is 0 Å². The second-order valence-electron chi connectivity index (χ2n) is 7.68. The van der Waals surface area contributed by atoms with Crippen LogP contribution in [0, 0.1) is 0 Å². The summed E-state index contributed by atoms with van der Waals surface area (Å²) in [6.07, 6.45) is -2.90. The Morgan fingerprint density at radius 3 is 2.35 bits per heavy atom. The molecule has 8 heteroatoms. The molecule has 164 valence electrons. The van der Waals surface area contributed by atoms with E-state index in [-0.39, 0.29) is 0 Å². The minimum Gasteiger partial charge on any atom is -0.368 e. The minimum atomic E-state index is -4.50. The van der Waals surface area contributed by atoms with Crippen LogP contribution in [0.1, 0.15) is 12.6 Å². The molecule has 0 radical (unpaired) electrons. The number of hydrogen-bond acceptors (Lipinski definition) is 5. The van der Waals surface area contributed by atoms with Gasteiger partial charge in [0.2, 0.25) is 0 Å². The molecule has 2 aromatic heterocycles. The molecule has 1 fully saturated rings. The normalized spacial score (nSPS) is 16.0. The SMILES string of the molecule is CCN1CCN(CCNc2ncc(-c3ccccc3)c3nc(C(F)(F)F)ccc23)CC1. The van der Waals surface area contributed by atoms with E-state index in [1.54, 1.807) is 6.20 Å². The van der Waals surface area contributed by atoms with Gasteiger partial charge in [-0.25, -0.2) is 9.97 Å². The number of likely N-dealkylation sites (N-methyl/N-ethyl adjacent to an activating group) is 1. The van der Waals surface area contributed by atoms with Crippen molar-refractivity contribution in [2.45, 2.75) is 13.1 Å². The summed E-state index contributed by atoms with van der Waals surface area (Å²) in [4.78, 5) is 13.3. The summed E-state index contributed by atoms with van der Waals surface area (Å²) in [5.41, 5.74) is 0.772. The number of hydrogen-bond donors (Lipinski definition) is 1. The fourth-order valence-electron chi connectivity index (χ4n) is 3.90. The van der Waals surface area contributed by atoms with Gasteiger partial charge in [0.05, 0.1) is 5.52 Å². The monoisotopic (exact) mass is 429 g/mol. The van der Waals surface area contributed by atoms with Gasteiger partial charge in [-0.3, -0.25) is 4.90 Å². The van der Waals surface area contributed by atoms with Crippen LogP contribution in [0.3, 0.4) is 0 Å². The maximum atomic E-state index is 13.3. The summed E-state index contributed by atoms with van der Waals surface area (Å²) < 4.78 is 39.9. The van der Waals surface area contributed by atoms with Crippen LogP contribution < -0.4 is 5.32 Å². The molecule has 1 aliphatic rings. The van der Waals surface area contributed by atoms with Crippen LogP contribution in [0.25, 0.3) is 22.0 Å². The Balaban J connectivity index is 1.58. The molecule has 0 spiro atoms. The van der Waals surface area contributed by atoms with Crippen LogP contribution in [0.5, 0.6) is 0 Å². The standard InChI is InChI=1S/C23H26F3N5/c1-2-30-12-14-31(15-13-30)11-10-27-22-18-8-9-20(23(24,25)26)29-21(18)19(16-28-22)17-6-4-3-5-7-17/h3-9,16H,2,10-15H2,1H3,(H,27,28). The van der Waals surface area contributed by atoms with Gasteiger partial charge in [-0.15, -0.1) is 0 Å². The maximum absolute atomic E-state index is 13.3. The molecule has 0 unspecified atom stereocenters. The molecule has 0 atom stereocenters. The molecule has 0 amide bonds. The number of piperazine rings is 1. The molecular formula is C23H26F3N5. The highest BCUT2D eigenvalue weighted by Crippen LogP contribution is 2.34. The summed E-state index contributed by atoms with van der Waals surface area (Å²) in [7, 11) is 0. The molecular weight excluding hydrogens is 403 g/mol. The first-order valence-electron chi connectivity index (χ1n) is 10.6. The Labute approximate surface area is 179 Å². The third-order valence-electron chi connectivity index (χ3n) is 5.74. The lowest BCUT2D eigenvalue weighted by Gasteiger charge is -2.34. The van der Waals surface area contributed by atoms with Crippen molar-refractivity contribution in [3.63, 3.8) is 0 Å². The Morgan fingerprint density at radius 1 is 0.968 bits per heavy atom. The molecule has 0 saturated carbocycles. The smallest absolute Gasteiger partial charge is 0.368 e. The highest BCUT2D eigenvalue weighted by molar-refractivity contribution is 5.99. The number of anilines is 1. The summed E-state index contributed by atoms with van der Waals surface area (Å²) in [5.74, 6) is 0.558. The summed E-state index contributed by atoms with van der Waals surface area (Å²) in [5, 5.41) is 3.90. The minimum absolute atomic E-state index is 0.301. The largest absolute Gasteiger partial charge is 0.433 e. The van der Waals surface area contributed by atoms with Crippen LogP contribution >= 0.6 is 0 Å². The molecule has 1 aliphatic heterocycles. The summed E-state index contributed by atoms with van der Waals surface area (Å²) >= 11 is 0. The molecule has 5 nitrogen and oxygen atoms in total. The summed E-state index contributed by atoms with van der Waals surface area (Å²) in [6.45, 7) is 8.94. The average molecular weight is 429 g/mol. The van der Waals surface area contributed by atoms with Crippen LogP contribution in [0.15, 0.2) is 48.7 Å². The van der Waals surface area contributed by atoms with Crippen LogP contribution in [-0.4, -0.2) is 65.6 Å². The lowest BCUT2D eigenvalue weighted by Crippen LogP contribution is -2.47. The number of benzene rings is 1. The van der Waals surface area contributed by atoms with E-state index >= 15 is 0 Å². The first-order valence-corrected chi connectivity index (χ1v) is 10.6. The Bertz CT molecular complexity index is 1010. The van der Waals surface area contributed by atoms with Gasteiger partial charge in [-0.05, 0) is 24.2 Å². The molecule has 0 bridgehead atoms. The zero-order chi connectivity index (χ0) is 21.8. The van der Waals surface area contributed by atoms with Gasteiger partial charge in [-0.2, -0.15) is 13.2 Å². The first-order chi connectivity index (χ1) is 15.0. The van der Waals surface area contributed by atoms with E-state index in [1.807, 2.05) is 30.3 Å². The van der Waals surface area contributed by atoms with E-state index in [9.17, 15) is 13.2 Å². The number of nitrogens with zero attached hydrogens (tertiary/aromatic N) is 4. The van der Waals surface area contributed by atoms with Gasteiger partial charge in [0.25, 0.3) is 0 Å². The predicted molar refractivity (Wildman–Crippen MR) is 117 cm³/mol. The molecule has 1 aromatic carbocycles. The van der Waals surface area contributed by atoms with Crippen LogP contribution in [-0.2, 0) is 6.18 Å². The lowest BCUT2D eigenvalue weighted by atomic mass is 10.0. The third kappa shape index (κ3) is 4.97. The van der Waals surface area contributed by atoms with E-state index in [1.165, 1.54) is 6.07 Å². The van der Waals surface area contributed by atoms with Gasteiger partial charge >= 0.3 is 6.18 Å². The average Bonchev–Trinajstić information content (AvgIpc) is 2.79. The quantitative estimate of drug-likeness (QED) is 0.631. The number of pyridine rings is 2. The van der Waals surface area contributed by atoms with Crippen LogP contribution in [0.2, 0.25) is 0 Å². The van der Waals surface area contributed by atoms with Gasteiger partial charge in [0, 0.05) is 56.4 Å². The molecule has 1 N–H and O–H groups in total. The van der Waals surface area contributed by atoms with E-state index < -0.39 is 11.9 Å². The second kappa shape index (κ2) is 9.20. The Morgan fingerprint density at radius 2 is 1.68 bits per heavy atom. The van der Waals surface area contributed by atoms with Crippen molar-refractivity contribution in [3.8, 4) is 11.1 Å². The van der Waals surface area contributed by atoms with Crippen LogP contribution in [0.4, 0.5) is 19.0 Å². The van der Waals surface area contributed by atoms with E-state index in [4.69, 9.17) is 0 Å². The topological polar surface area (TPSA) is 44.3 Å². The van der Waals surface area contributed by atoms with Crippen molar-refractivity contribution in [1.29, 1.82) is 0 Å². The molecule has 31 heavy (non-hydrogen) atoms. The van der Waals surface area contributed by atoms with Crippen molar-refractivity contribution in [1.82, 2.24) is 19.8 Å². The summed E-state index contributed by atoms with van der Waals surface area (Å²) in [6, 6.07) is 11.7. The zero-order valence-corrected chi connectivity index (χ0v) is 17.5. The highest BCUT2D eigenvalue weighted by atomic mass is 19.4. The molecule has 4 rings (SSSR count). The van der Waals surface area contributed by atoms with Crippen molar-refractivity contribution in [2.75, 3.05) is 51.1 Å². The number of alkyl halides is 3. The molecule has 3 aromatic rings. The van der Waals surface area contributed by atoms with Gasteiger partial charge < -0.3 is 10.2 Å². The molecule has 0 aliphatic carbocycles. The molecule has 3 heterocycles. The predicted octanol–water partition coefficient (Wildman–Crippen LogP) is 4.37. The maximum Gasteiger partial charge on any atom is 0.433 e. The Hall–Kier alpha value is -2.71. The van der Waals surface area contributed by atoms with Crippen molar-refractivity contribution < 1.29 is 13.2 Å². The highest BCUT2D eigenvalue weighted by Gasteiger charge is 2.33. The zero-order valence-electron chi connectivity index (χ0n) is 17.5. The third-order valence-corrected chi connectivity index (χ3v) is 5.74. The van der Waals surface area contributed by atoms with Gasteiger partial charge in [-0.1, -0.05) is 37.3 Å².